The number of benzene rings is 1. The Balaban J connectivity index is 1.30. The minimum atomic E-state index is -4.55. The topological polar surface area (TPSA) is 113 Å². The predicted molar refractivity (Wildman–Crippen MR) is 131 cm³/mol. The lowest BCUT2D eigenvalue weighted by atomic mass is 9.96. The Morgan fingerprint density at radius 3 is 2.66 bits per heavy atom. The zero-order valence-corrected chi connectivity index (χ0v) is 20.6. The summed E-state index contributed by atoms with van der Waals surface area (Å²) in [6.07, 6.45) is -1.20. The highest BCUT2D eigenvalue weighted by atomic mass is 19.4. The molecular formula is C25H27F3N6O4. The van der Waals surface area contributed by atoms with Crippen molar-refractivity contribution in [3.8, 4) is 5.82 Å². The highest BCUT2D eigenvalue weighted by molar-refractivity contribution is 5.97. The van der Waals surface area contributed by atoms with Gasteiger partial charge in [0.25, 0.3) is 5.91 Å². The first kappa shape index (κ1) is 25.8. The third-order valence-corrected chi connectivity index (χ3v) is 7.18. The van der Waals surface area contributed by atoms with Gasteiger partial charge in [-0.1, -0.05) is 6.42 Å². The van der Waals surface area contributed by atoms with Crippen molar-refractivity contribution in [2.75, 3.05) is 33.3 Å². The summed E-state index contributed by atoms with van der Waals surface area (Å²) in [6, 6.07) is 6.99. The molecule has 2 aromatic heterocycles. The molecule has 13 heteroatoms. The number of imidazole rings is 1. The quantitative estimate of drug-likeness (QED) is 0.523. The van der Waals surface area contributed by atoms with Crippen LogP contribution in [0.3, 0.4) is 0 Å². The largest absolute Gasteiger partial charge is 0.453 e. The van der Waals surface area contributed by atoms with Crippen LogP contribution in [0.15, 0.2) is 41.3 Å². The summed E-state index contributed by atoms with van der Waals surface area (Å²) >= 11 is 0. The lowest BCUT2D eigenvalue weighted by Crippen LogP contribution is -2.65. The van der Waals surface area contributed by atoms with Gasteiger partial charge < -0.3 is 19.9 Å². The van der Waals surface area contributed by atoms with Crippen LogP contribution in [0.2, 0.25) is 0 Å². The van der Waals surface area contributed by atoms with Crippen LogP contribution in [0.1, 0.15) is 35.2 Å². The van der Waals surface area contributed by atoms with E-state index in [1.807, 2.05) is 0 Å². The van der Waals surface area contributed by atoms with Gasteiger partial charge in [-0.05, 0) is 49.7 Å². The molecule has 2 N–H and O–H groups in total. The second kappa shape index (κ2) is 10.1. The van der Waals surface area contributed by atoms with E-state index >= 15 is 0 Å². The second-order valence-corrected chi connectivity index (χ2v) is 9.53. The molecule has 10 nitrogen and oxygen atoms in total. The molecule has 2 aliphatic heterocycles. The normalized spacial score (nSPS) is 18.8. The Bertz CT molecular complexity index is 1390. The Morgan fingerprint density at radius 1 is 1.18 bits per heavy atom. The highest BCUT2D eigenvalue weighted by Gasteiger charge is 2.39. The molecule has 1 aromatic carbocycles. The van der Waals surface area contributed by atoms with E-state index in [4.69, 9.17) is 4.74 Å². The van der Waals surface area contributed by atoms with Crippen molar-refractivity contribution in [1.82, 2.24) is 29.7 Å². The fraction of sp³-hybridized carbons (Fsp3) is 0.440. The summed E-state index contributed by atoms with van der Waals surface area (Å²) in [5.74, 6) is -0.325. The average Bonchev–Trinajstić information content (AvgIpc) is 3.21. The third-order valence-electron chi connectivity index (χ3n) is 7.18. The monoisotopic (exact) mass is 532 g/mol. The number of H-pyrrole nitrogens is 1. The number of nitrogens with zero attached hydrogens (tertiary/aromatic N) is 4. The smallest absolute Gasteiger partial charge is 0.417 e. The molecule has 2 saturated heterocycles. The maximum Gasteiger partial charge on any atom is 0.417 e. The van der Waals surface area contributed by atoms with Gasteiger partial charge in [0, 0.05) is 43.5 Å². The van der Waals surface area contributed by atoms with Crippen molar-refractivity contribution >= 4 is 23.0 Å². The molecule has 5 rings (SSSR count). The molecule has 2 aliphatic rings. The maximum absolute atomic E-state index is 13.0. The van der Waals surface area contributed by atoms with Gasteiger partial charge in [0.15, 0.2) is 0 Å². The fourth-order valence-electron chi connectivity index (χ4n) is 5.14. The van der Waals surface area contributed by atoms with Gasteiger partial charge in [0.2, 0.25) is 0 Å². The van der Waals surface area contributed by atoms with E-state index in [0.717, 1.165) is 42.5 Å². The van der Waals surface area contributed by atoms with Crippen LogP contribution in [-0.4, -0.2) is 81.7 Å². The first-order chi connectivity index (χ1) is 18.2. The van der Waals surface area contributed by atoms with Gasteiger partial charge in [-0.3, -0.25) is 9.69 Å². The molecule has 0 radical (unpaired) electrons. The number of halogens is 3. The Labute approximate surface area is 215 Å². The molecule has 0 unspecified atom stereocenters. The molecule has 202 valence electrons. The number of ether oxygens (including phenoxy) is 1. The number of amides is 2. The third kappa shape index (κ3) is 4.97. The lowest BCUT2D eigenvalue weighted by Gasteiger charge is -2.49. The van der Waals surface area contributed by atoms with Crippen LogP contribution in [0.5, 0.6) is 0 Å². The number of aromatic amines is 1. The van der Waals surface area contributed by atoms with Gasteiger partial charge in [0.05, 0.1) is 23.7 Å². The van der Waals surface area contributed by atoms with E-state index in [2.05, 4.69) is 20.2 Å². The highest BCUT2D eigenvalue weighted by Crippen LogP contribution is 2.29. The van der Waals surface area contributed by atoms with Crippen LogP contribution in [0.25, 0.3) is 16.9 Å². The molecule has 0 saturated carbocycles. The number of carbonyl (C=O) groups is 2. The van der Waals surface area contributed by atoms with Gasteiger partial charge in [0.1, 0.15) is 5.82 Å². The predicted octanol–water partition coefficient (Wildman–Crippen LogP) is 2.77. The standard InChI is InChI=1S/C25H27F3N6O4/c1-38-24(37)32-13-18(14-32)33-9-3-2-4-17(33)12-30-22(35)15-5-7-19-20(10-15)34(23(36)31-19)21-8-6-16(11-29-21)25(26,27)28/h5-8,10-11,17-18H,2-4,9,12-14H2,1H3,(H,30,35)(H,31,36)/t17-/m1/s1. The number of rotatable bonds is 5. The minimum Gasteiger partial charge on any atom is -0.453 e. The average molecular weight is 533 g/mol. The number of hydrogen-bond acceptors (Lipinski definition) is 6. The molecule has 4 heterocycles. The van der Waals surface area contributed by atoms with Crippen molar-refractivity contribution in [2.45, 2.75) is 37.5 Å². The first-order valence-corrected chi connectivity index (χ1v) is 12.3. The van der Waals surface area contributed by atoms with E-state index in [0.29, 0.717) is 42.4 Å². The van der Waals surface area contributed by atoms with Crippen LogP contribution < -0.4 is 11.0 Å². The molecule has 1 atom stereocenters. The van der Waals surface area contributed by atoms with Crippen molar-refractivity contribution in [3.63, 3.8) is 0 Å². The second-order valence-electron chi connectivity index (χ2n) is 9.53. The van der Waals surface area contributed by atoms with Crippen LogP contribution >= 0.6 is 0 Å². The maximum atomic E-state index is 13.0. The molecular weight excluding hydrogens is 505 g/mol. The summed E-state index contributed by atoms with van der Waals surface area (Å²) in [6.45, 7) is 2.50. The number of methoxy groups -OCH3 is 1. The summed E-state index contributed by atoms with van der Waals surface area (Å²) in [5.41, 5.74) is -0.450. The Kier molecular flexibility index (Phi) is 6.86. The lowest BCUT2D eigenvalue weighted by molar-refractivity contribution is -0.137. The summed E-state index contributed by atoms with van der Waals surface area (Å²) in [4.78, 5) is 47.7. The van der Waals surface area contributed by atoms with Gasteiger partial charge >= 0.3 is 18.0 Å². The summed E-state index contributed by atoms with van der Waals surface area (Å²) in [7, 11) is 1.36. The number of pyridine rings is 1. The number of alkyl halides is 3. The number of likely N-dealkylation sites (tertiary alicyclic amines) is 2. The number of fused-ring (bicyclic) bond motifs is 1. The molecule has 2 fully saturated rings. The number of hydrogen-bond donors (Lipinski definition) is 2. The van der Waals surface area contributed by atoms with Crippen LogP contribution in [-0.2, 0) is 10.9 Å². The van der Waals surface area contributed by atoms with E-state index in [9.17, 15) is 27.6 Å². The van der Waals surface area contributed by atoms with Crippen molar-refractivity contribution < 1.29 is 27.5 Å². The Morgan fingerprint density at radius 2 is 1.97 bits per heavy atom. The first-order valence-electron chi connectivity index (χ1n) is 12.3. The number of carbonyl (C=O) groups excluding carboxylic acids is 2. The van der Waals surface area contributed by atoms with E-state index in [1.165, 1.54) is 13.2 Å². The fourth-order valence-corrected chi connectivity index (χ4v) is 5.14. The summed E-state index contributed by atoms with van der Waals surface area (Å²) in [5, 5.41) is 2.98. The van der Waals surface area contributed by atoms with E-state index < -0.39 is 17.4 Å². The van der Waals surface area contributed by atoms with Crippen molar-refractivity contribution in [3.05, 3.63) is 58.1 Å². The minimum absolute atomic E-state index is 0.00570. The zero-order chi connectivity index (χ0) is 27.0. The molecule has 0 bridgehead atoms. The SMILES string of the molecule is COC(=O)N1CC(N2CCCC[C@@H]2CNC(=O)c2ccc3[nH]c(=O)n(-c4ccc(C(F)(F)F)cn4)c3c2)C1. The van der Waals surface area contributed by atoms with Crippen LogP contribution in [0, 0.1) is 0 Å². The van der Waals surface area contributed by atoms with E-state index in [-0.39, 0.29) is 29.9 Å². The van der Waals surface area contributed by atoms with E-state index in [1.54, 1.807) is 17.0 Å². The molecule has 0 spiro atoms. The van der Waals surface area contributed by atoms with Gasteiger partial charge in [-0.2, -0.15) is 13.2 Å². The Hall–Kier alpha value is -3.87. The molecule has 38 heavy (non-hydrogen) atoms. The van der Waals surface area contributed by atoms with Crippen molar-refractivity contribution in [2.24, 2.45) is 0 Å². The van der Waals surface area contributed by atoms with Gasteiger partial charge in [-0.25, -0.2) is 19.1 Å². The number of piperidine rings is 1. The zero-order valence-electron chi connectivity index (χ0n) is 20.6. The van der Waals surface area contributed by atoms with Gasteiger partial charge in [-0.15, -0.1) is 0 Å². The molecule has 2 amide bonds. The molecule has 3 aromatic rings. The number of aromatic nitrogens is 3. The van der Waals surface area contributed by atoms with Crippen LogP contribution in [0.4, 0.5) is 18.0 Å². The van der Waals surface area contributed by atoms with Crippen molar-refractivity contribution in [1.29, 1.82) is 0 Å². The molecule has 0 aliphatic carbocycles. The number of nitrogens with one attached hydrogen (secondary N) is 2. The summed E-state index contributed by atoms with van der Waals surface area (Å²) < 4.78 is 44.7.